The summed E-state index contributed by atoms with van der Waals surface area (Å²) in [4.78, 5) is 0. The highest BCUT2D eigenvalue weighted by Crippen LogP contribution is 2.25. The molecule has 1 fully saturated rings. The Morgan fingerprint density at radius 3 is 2.04 bits per heavy atom. The van der Waals surface area contributed by atoms with Crippen molar-refractivity contribution in [3.63, 3.8) is 0 Å². The van der Waals surface area contributed by atoms with Gasteiger partial charge in [0.05, 0.1) is 6.10 Å². The molecule has 0 aliphatic heterocycles. The van der Waals surface area contributed by atoms with Crippen molar-refractivity contribution in [1.29, 1.82) is 0 Å². The Morgan fingerprint density at radius 1 is 0.846 bits per heavy atom. The lowest BCUT2D eigenvalue weighted by molar-refractivity contribution is 0.135. The highest BCUT2D eigenvalue weighted by Gasteiger charge is 2.25. The molecule has 0 unspecified atom stereocenters. The SMILES string of the molecule is CCCCCCCCCCCCC/C=C1/CCC[C@@H](NCCCC)[C@@H]1O. The third-order valence-electron chi connectivity index (χ3n) is 5.89. The quantitative estimate of drug-likeness (QED) is 0.230. The predicted octanol–water partition coefficient (Wildman–Crippen LogP) is 6.92. The minimum Gasteiger partial charge on any atom is -0.387 e. The highest BCUT2D eigenvalue weighted by atomic mass is 16.3. The number of rotatable bonds is 16. The summed E-state index contributed by atoms with van der Waals surface area (Å²) < 4.78 is 0. The summed E-state index contributed by atoms with van der Waals surface area (Å²) in [5.41, 5.74) is 1.30. The highest BCUT2D eigenvalue weighted by molar-refractivity contribution is 5.14. The first-order chi connectivity index (χ1) is 12.8. The van der Waals surface area contributed by atoms with E-state index >= 15 is 0 Å². The van der Waals surface area contributed by atoms with E-state index in [0.29, 0.717) is 6.04 Å². The van der Waals surface area contributed by atoms with E-state index in [-0.39, 0.29) is 6.10 Å². The zero-order chi connectivity index (χ0) is 18.9. The van der Waals surface area contributed by atoms with E-state index < -0.39 is 0 Å². The normalized spacial score (nSPS) is 22.2. The molecule has 1 saturated carbocycles. The van der Waals surface area contributed by atoms with Crippen molar-refractivity contribution in [2.45, 2.75) is 135 Å². The van der Waals surface area contributed by atoms with Gasteiger partial charge in [-0.15, -0.1) is 0 Å². The Hall–Kier alpha value is -0.340. The molecule has 1 aliphatic rings. The monoisotopic (exact) mass is 365 g/mol. The van der Waals surface area contributed by atoms with Crippen molar-refractivity contribution in [3.8, 4) is 0 Å². The Bertz CT molecular complexity index is 339. The number of unbranched alkanes of at least 4 members (excludes halogenated alkanes) is 12. The molecule has 0 aromatic carbocycles. The molecular formula is C24H47NO. The molecule has 0 bridgehead atoms. The number of hydrogen-bond acceptors (Lipinski definition) is 2. The molecule has 0 spiro atoms. The number of nitrogens with one attached hydrogen (secondary N) is 1. The molecule has 1 rings (SSSR count). The van der Waals surface area contributed by atoms with Crippen LogP contribution in [0.5, 0.6) is 0 Å². The van der Waals surface area contributed by atoms with Gasteiger partial charge in [0.15, 0.2) is 0 Å². The minimum absolute atomic E-state index is 0.242. The fraction of sp³-hybridized carbons (Fsp3) is 0.917. The zero-order valence-corrected chi connectivity index (χ0v) is 17.9. The summed E-state index contributed by atoms with van der Waals surface area (Å²) in [7, 11) is 0. The van der Waals surface area contributed by atoms with Crippen LogP contribution in [0, 0.1) is 0 Å². The molecular weight excluding hydrogens is 318 g/mol. The van der Waals surface area contributed by atoms with Crippen LogP contribution >= 0.6 is 0 Å². The van der Waals surface area contributed by atoms with Gasteiger partial charge < -0.3 is 10.4 Å². The minimum atomic E-state index is -0.242. The van der Waals surface area contributed by atoms with Crippen LogP contribution in [0.25, 0.3) is 0 Å². The van der Waals surface area contributed by atoms with Crippen molar-refractivity contribution in [2.75, 3.05) is 6.54 Å². The average Bonchev–Trinajstić information content (AvgIpc) is 2.65. The van der Waals surface area contributed by atoms with Gasteiger partial charge in [-0.3, -0.25) is 0 Å². The third-order valence-corrected chi connectivity index (χ3v) is 5.89. The van der Waals surface area contributed by atoms with Gasteiger partial charge in [0.2, 0.25) is 0 Å². The van der Waals surface area contributed by atoms with Crippen LogP contribution in [-0.4, -0.2) is 23.8 Å². The molecule has 0 saturated heterocycles. The summed E-state index contributed by atoms with van der Waals surface area (Å²) in [6.07, 6.45) is 24.6. The molecule has 0 radical (unpaired) electrons. The van der Waals surface area contributed by atoms with Crippen LogP contribution in [0.4, 0.5) is 0 Å². The first-order valence-electron chi connectivity index (χ1n) is 11.9. The number of aliphatic hydroxyl groups is 1. The van der Waals surface area contributed by atoms with E-state index in [1.807, 2.05) is 0 Å². The first-order valence-corrected chi connectivity index (χ1v) is 11.9. The van der Waals surface area contributed by atoms with E-state index in [1.165, 1.54) is 95.5 Å². The van der Waals surface area contributed by atoms with Crippen molar-refractivity contribution in [1.82, 2.24) is 5.32 Å². The summed E-state index contributed by atoms with van der Waals surface area (Å²) in [5, 5.41) is 14.1. The van der Waals surface area contributed by atoms with Gasteiger partial charge in [0.1, 0.15) is 0 Å². The van der Waals surface area contributed by atoms with E-state index in [1.54, 1.807) is 0 Å². The molecule has 2 atom stereocenters. The van der Waals surface area contributed by atoms with Gasteiger partial charge in [-0.1, -0.05) is 90.6 Å². The lowest BCUT2D eigenvalue weighted by atomic mass is 9.87. The zero-order valence-electron chi connectivity index (χ0n) is 17.9. The van der Waals surface area contributed by atoms with Crippen LogP contribution in [0.15, 0.2) is 11.6 Å². The predicted molar refractivity (Wildman–Crippen MR) is 116 cm³/mol. The molecule has 2 heteroatoms. The number of aliphatic hydroxyl groups excluding tert-OH is 1. The van der Waals surface area contributed by atoms with Gasteiger partial charge in [-0.25, -0.2) is 0 Å². The topological polar surface area (TPSA) is 32.3 Å². The second-order valence-electron chi connectivity index (χ2n) is 8.35. The van der Waals surface area contributed by atoms with E-state index in [4.69, 9.17) is 0 Å². The van der Waals surface area contributed by atoms with E-state index in [2.05, 4.69) is 25.2 Å². The van der Waals surface area contributed by atoms with Gasteiger partial charge in [-0.05, 0) is 50.6 Å². The van der Waals surface area contributed by atoms with Crippen molar-refractivity contribution >= 4 is 0 Å². The van der Waals surface area contributed by atoms with Crippen LogP contribution in [0.1, 0.15) is 123 Å². The summed E-state index contributed by atoms with van der Waals surface area (Å²) in [5.74, 6) is 0. The third kappa shape index (κ3) is 11.4. The molecule has 0 amide bonds. The summed E-state index contributed by atoms with van der Waals surface area (Å²) in [6, 6.07) is 0.291. The fourth-order valence-corrected chi connectivity index (χ4v) is 4.09. The molecule has 1 aliphatic carbocycles. The standard InChI is InChI=1S/C24H47NO/c1-3-5-7-8-9-10-11-12-13-14-15-16-18-22-19-17-20-23(24(22)26)25-21-6-4-2/h18,23-26H,3-17,19-21H2,1-2H3/b22-18-/t23-,24-/m1/s1. The lowest BCUT2D eigenvalue weighted by Gasteiger charge is -2.31. The Kier molecular flexibility index (Phi) is 15.3. The maximum Gasteiger partial charge on any atom is 0.0903 e. The van der Waals surface area contributed by atoms with E-state index in [0.717, 1.165) is 25.8 Å². The van der Waals surface area contributed by atoms with Gasteiger partial charge in [0, 0.05) is 6.04 Å². The van der Waals surface area contributed by atoms with Crippen LogP contribution in [0.3, 0.4) is 0 Å². The molecule has 26 heavy (non-hydrogen) atoms. The van der Waals surface area contributed by atoms with Gasteiger partial charge >= 0.3 is 0 Å². The Balaban J connectivity index is 2.01. The Morgan fingerprint density at radius 2 is 1.42 bits per heavy atom. The second-order valence-corrected chi connectivity index (χ2v) is 8.35. The summed E-state index contributed by atoms with van der Waals surface area (Å²) in [6.45, 7) is 5.55. The molecule has 2 N–H and O–H groups in total. The molecule has 0 heterocycles. The molecule has 0 aromatic heterocycles. The average molecular weight is 366 g/mol. The second kappa shape index (κ2) is 16.8. The van der Waals surface area contributed by atoms with Crippen molar-refractivity contribution in [2.24, 2.45) is 0 Å². The lowest BCUT2D eigenvalue weighted by Crippen LogP contribution is -2.43. The maximum absolute atomic E-state index is 10.6. The smallest absolute Gasteiger partial charge is 0.0903 e. The fourth-order valence-electron chi connectivity index (χ4n) is 4.09. The van der Waals surface area contributed by atoms with Crippen LogP contribution in [-0.2, 0) is 0 Å². The van der Waals surface area contributed by atoms with Crippen LogP contribution in [0.2, 0.25) is 0 Å². The van der Waals surface area contributed by atoms with Crippen molar-refractivity contribution in [3.05, 3.63) is 11.6 Å². The van der Waals surface area contributed by atoms with Gasteiger partial charge in [0.25, 0.3) is 0 Å². The largest absolute Gasteiger partial charge is 0.387 e. The summed E-state index contributed by atoms with van der Waals surface area (Å²) >= 11 is 0. The van der Waals surface area contributed by atoms with Crippen molar-refractivity contribution < 1.29 is 5.11 Å². The maximum atomic E-state index is 10.6. The first kappa shape index (κ1) is 23.7. The molecule has 154 valence electrons. The number of allylic oxidation sites excluding steroid dienone is 1. The van der Waals surface area contributed by atoms with Gasteiger partial charge in [-0.2, -0.15) is 0 Å². The van der Waals surface area contributed by atoms with E-state index in [9.17, 15) is 5.11 Å². The number of hydrogen-bond donors (Lipinski definition) is 2. The van der Waals surface area contributed by atoms with Crippen LogP contribution < -0.4 is 5.32 Å². The Labute approximate surface area is 164 Å². The molecule has 2 nitrogen and oxygen atoms in total. The molecule has 0 aromatic rings.